The molecule has 1 heterocycles. The van der Waals surface area contributed by atoms with E-state index in [9.17, 15) is 4.79 Å². The van der Waals surface area contributed by atoms with E-state index in [1.807, 2.05) is 6.92 Å². The maximum absolute atomic E-state index is 10.4. The third kappa shape index (κ3) is 2.57. The summed E-state index contributed by atoms with van der Waals surface area (Å²) in [5.74, 6) is -0.628. The fourth-order valence-corrected chi connectivity index (χ4v) is 1.34. The predicted octanol–water partition coefficient (Wildman–Crippen LogP) is 1.79. The number of hydrogen-bond acceptors (Lipinski definition) is 2. The Morgan fingerprint density at radius 1 is 1.83 bits per heavy atom. The van der Waals surface area contributed by atoms with Crippen LogP contribution in [0.1, 0.15) is 26.2 Å². The summed E-state index contributed by atoms with van der Waals surface area (Å²) in [6.07, 6.45) is 3.91. The zero-order valence-electron chi connectivity index (χ0n) is 7.25. The maximum Gasteiger partial charge on any atom is 0.303 e. The molecule has 12 heavy (non-hydrogen) atoms. The van der Waals surface area contributed by atoms with Crippen molar-refractivity contribution >= 4 is 5.97 Å². The molecule has 1 N–H and O–H groups in total. The molecule has 0 aliphatic carbocycles. The van der Waals surface area contributed by atoms with Crippen molar-refractivity contribution in [1.29, 1.82) is 0 Å². The summed E-state index contributed by atoms with van der Waals surface area (Å²) in [5.41, 5.74) is 1.13. The van der Waals surface area contributed by atoms with E-state index in [-0.39, 0.29) is 12.3 Å². The van der Waals surface area contributed by atoms with Gasteiger partial charge in [0.15, 0.2) is 0 Å². The lowest BCUT2D eigenvalue weighted by Crippen LogP contribution is -2.10. The van der Waals surface area contributed by atoms with Crippen molar-refractivity contribution in [3.05, 3.63) is 11.8 Å². The van der Waals surface area contributed by atoms with Crippen molar-refractivity contribution in [3.63, 3.8) is 0 Å². The van der Waals surface area contributed by atoms with E-state index in [0.717, 1.165) is 25.0 Å². The molecule has 0 amide bonds. The molecule has 0 fully saturated rings. The molecule has 0 bridgehead atoms. The van der Waals surface area contributed by atoms with Gasteiger partial charge in [-0.25, -0.2) is 0 Å². The first-order valence-corrected chi connectivity index (χ1v) is 4.22. The Hall–Kier alpha value is -0.990. The van der Waals surface area contributed by atoms with Crippen molar-refractivity contribution in [1.82, 2.24) is 0 Å². The molecule has 0 spiro atoms. The molecule has 1 rings (SSSR count). The Morgan fingerprint density at radius 2 is 2.58 bits per heavy atom. The van der Waals surface area contributed by atoms with Crippen LogP contribution in [0.4, 0.5) is 0 Å². The third-order valence-corrected chi connectivity index (χ3v) is 2.08. The summed E-state index contributed by atoms with van der Waals surface area (Å²) < 4.78 is 5.13. The molecule has 1 aliphatic rings. The second kappa shape index (κ2) is 4.14. The van der Waals surface area contributed by atoms with Gasteiger partial charge in [0.05, 0.1) is 19.3 Å². The molecule has 0 aromatic heterocycles. The highest BCUT2D eigenvalue weighted by Crippen LogP contribution is 2.22. The number of carboxylic acids is 1. The highest BCUT2D eigenvalue weighted by molar-refractivity contribution is 5.67. The largest absolute Gasteiger partial charge is 0.501 e. The van der Waals surface area contributed by atoms with E-state index in [1.165, 1.54) is 0 Å². The van der Waals surface area contributed by atoms with Crippen LogP contribution in [0.5, 0.6) is 0 Å². The van der Waals surface area contributed by atoms with Gasteiger partial charge >= 0.3 is 5.97 Å². The first-order valence-electron chi connectivity index (χ1n) is 4.22. The first-order chi connectivity index (χ1) is 5.70. The minimum absolute atomic E-state index is 0.114. The van der Waals surface area contributed by atoms with E-state index in [2.05, 4.69) is 0 Å². The first kappa shape index (κ1) is 9.10. The van der Waals surface area contributed by atoms with E-state index in [1.54, 1.807) is 6.26 Å². The van der Waals surface area contributed by atoms with Crippen LogP contribution in [0.25, 0.3) is 0 Å². The van der Waals surface area contributed by atoms with Gasteiger partial charge in [-0.05, 0) is 24.3 Å². The summed E-state index contributed by atoms with van der Waals surface area (Å²) in [7, 11) is 0. The van der Waals surface area contributed by atoms with Gasteiger partial charge in [0, 0.05) is 0 Å². The molecular formula is C9H14O3. The topological polar surface area (TPSA) is 46.5 Å². The molecule has 3 heteroatoms. The lowest BCUT2D eigenvalue weighted by atomic mass is 9.94. The number of carboxylic acid groups (broad SMARTS) is 1. The van der Waals surface area contributed by atoms with E-state index in [0.29, 0.717) is 0 Å². The molecule has 1 aliphatic heterocycles. The van der Waals surface area contributed by atoms with Crippen LogP contribution in [0.2, 0.25) is 0 Å². The molecule has 0 aromatic carbocycles. The minimum atomic E-state index is -0.742. The second-order valence-electron chi connectivity index (χ2n) is 3.17. The monoisotopic (exact) mass is 170 g/mol. The Labute approximate surface area is 72.0 Å². The van der Waals surface area contributed by atoms with Gasteiger partial charge in [-0.3, -0.25) is 4.79 Å². The molecule has 0 saturated carbocycles. The number of carbonyl (C=O) groups is 1. The number of hydrogen-bond donors (Lipinski definition) is 1. The van der Waals surface area contributed by atoms with Crippen LogP contribution in [0.15, 0.2) is 11.8 Å². The molecule has 3 nitrogen and oxygen atoms in total. The van der Waals surface area contributed by atoms with Crippen molar-refractivity contribution in [2.45, 2.75) is 26.2 Å². The van der Waals surface area contributed by atoms with Gasteiger partial charge in [0.1, 0.15) is 0 Å². The summed E-state index contributed by atoms with van der Waals surface area (Å²) in [5, 5.41) is 8.55. The lowest BCUT2D eigenvalue weighted by Gasteiger charge is -2.18. The van der Waals surface area contributed by atoms with E-state index < -0.39 is 5.97 Å². The van der Waals surface area contributed by atoms with Crippen molar-refractivity contribution in [3.8, 4) is 0 Å². The van der Waals surface area contributed by atoms with Gasteiger partial charge < -0.3 is 9.84 Å². The normalized spacial score (nSPS) is 19.2. The molecule has 1 unspecified atom stereocenters. The van der Waals surface area contributed by atoms with Crippen LogP contribution in [0.3, 0.4) is 0 Å². The number of allylic oxidation sites excluding steroid dienone is 1. The molecular weight excluding hydrogens is 156 g/mol. The maximum atomic E-state index is 10.4. The Bertz CT molecular complexity index is 196. The number of ether oxygens (including phenoxy) is 1. The van der Waals surface area contributed by atoms with Gasteiger partial charge in [0.2, 0.25) is 0 Å². The van der Waals surface area contributed by atoms with Gasteiger partial charge in [-0.1, -0.05) is 6.92 Å². The van der Waals surface area contributed by atoms with Gasteiger partial charge in [0.25, 0.3) is 0 Å². The quantitative estimate of drug-likeness (QED) is 0.702. The smallest absolute Gasteiger partial charge is 0.303 e. The molecule has 68 valence electrons. The average molecular weight is 170 g/mol. The fourth-order valence-electron chi connectivity index (χ4n) is 1.34. The fraction of sp³-hybridized carbons (Fsp3) is 0.667. The zero-order chi connectivity index (χ0) is 8.97. The van der Waals surface area contributed by atoms with Crippen molar-refractivity contribution in [2.75, 3.05) is 6.61 Å². The van der Waals surface area contributed by atoms with Crippen molar-refractivity contribution < 1.29 is 14.6 Å². The minimum Gasteiger partial charge on any atom is -0.501 e. The lowest BCUT2D eigenvalue weighted by molar-refractivity contribution is -0.137. The van der Waals surface area contributed by atoms with Gasteiger partial charge in [-0.15, -0.1) is 0 Å². The summed E-state index contributed by atoms with van der Waals surface area (Å²) >= 11 is 0. The summed E-state index contributed by atoms with van der Waals surface area (Å²) in [4.78, 5) is 10.4. The van der Waals surface area contributed by atoms with Crippen molar-refractivity contribution in [2.24, 2.45) is 5.92 Å². The van der Waals surface area contributed by atoms with Crippen LogP contribution < -0.4 is 0 Å². The number of aliphatic carboxylic acids is 1. The SMILES string of the molecule is CC(CC(=O)O)C1=COCCC1. The van der Waals surface area contributed by atoms with Gasteiger partial charge in [-0.2, -0.15) is 0 Å². The predicted molar refractivity (Wildman–Crippen MR) is 44.7 cm³/mol. The van der Waals surface area contributed by atoms with Crippen LogP contribution in [-0.2, 0) is 9.53 Å². The molecule has 0 aromatic rings. The second-order valence-corrected chi connectivity index (χ2v) is 3.17. The standard InChI is InChI=1S/C9H14O3/c1-7(5-9(10)11)8-3-2-4-12-6-8/h6-7H,2-5H2,1H3,(H,10,11). The highest BCUT2D eigenvalue weighted by Gasteiger charge is 2.15. The number of rotatable bonds is 3. The highest BCUT2D eigenvalue weighted by atomic mass is 16.5. The summed E-state index contributed by atoms with van der Waals surface area (Å²) in [6.45, 7) is 2.69. The molecule has 0 radical (unpaired) electrons. The third-order valence-electron chi connectivity index (χ3n) is 2.08. The van der Waals surface area contributed by atoms with Crippen LogP contribution in [-0.4, -0.2) is 17.7 Å². The summed E-state index contributed by atoms with van der Waals surface area (Å²) in [6, 6.07) is 0. The molecule has 0 saturated heterocycles. The van der Waals surface area contributed by atoms with Crippen LogP contribution >= 0.6 is 0 Å². The Morgan fingerprint density at radius 3 is 3.08 bits per heavy atom. The molecule has 1 atom stereocenters. The Kier molecular flexibility index (Phi) is 3.14. The Balaban J connectivity index is 2.44. The van der Waals surface area contributed by atoms with E-state index in [4.69, 9.17) is 9.84 Å². The van der Waals surface area contributed by atoms with E-state index >= 15 is 0 Å². The van der Waals surface area contributed by atoms with Crippen LogP contribution in [0, 0.1) is 5.92 Å². The zero-order valence-corrected chi connectivity index (χ0v) is 7.25. The average Bonchev–Trinajstić information content (AvgIpc) is 2.05.